The van der Waals surface area contributed by atoms with Gasteiger partial charge in [0.1, 0.15) is 0 Å². The Balaban J connectivity index is 1.77. The van der Waals surface area contributed by atoms with Crippen molar-refractivity contribution in [1.29, 1.82) is 0 Å². The first kappa shape index (κ1) is 15.4. The van der Waals surface area contributed by atoms with Crippen molar-refractivity contribution in [2.45, 2.75) is 26.3 Å². The first-order valence-corrected chi connectivity index (χ1v) is 7.26. The predicted octanol–water partition coefficient (Wildman–Crippen LogP) is 2.09. The summed E-state index contributed by atoms with van der Waals surface area (Å²) in [4.78, 5) is 25.2. The number of amides is 2. The molecule has 1 aromatic rings. The number of aryl methyl sites for hydroxylation is 1. The van der Waals surface area contributed by atoms with E-state index in [0.717, 1.165) is 5.56 Å². The first-order chi connectivity index (χ1) is 10.1. The number of piperidine rings is 1. The molecular weight excluding hydrogens is 268 g/mol. The molecule has 1 aliphatic rings. The Labute approximate surface area is 125 Å². The fraction of sp³-hybridized carbons (Fsp3) is 0.500. The van der Waals surface area contributed by atoms with Gasteiger partial charge in [0.25, 0.3) is 0 Å². The van der Waals surface area contributed by atoms with Crippen LogP contribution in [-0.4, -0.2) is 37.1 Å². The standard InChI is InChI=1S/C16H22N2O3/c1-12-3-5-13(6-4-12)11-17-15(19)14-7-9-18(10-8-14)16(20)21-2/h3-6,14H,7-11H2,1-2H3,(H,17,19). The molecule has 1 saturated heterocycles. The van der Waals surface area contributed by atoms with E-state index < -0.39 is 0 Å². The second-order valence-electron chi connectivity index (χ2n) is 5.43. The van der Waals surface area contributed by atoms with E-state index in [1.165, 1.54) is 12.7 Å². The minimum absolute atomic E-state index is 0.0173. The van der Waals surface area contributed by atoms with E-state index in [-0.39, 0.29) is 17.9 Å². The lowest BCUT2D eigenvalue weighted by molar-refractivity contribution is -0.126. The lowest BCUT2D eigenvalue weighted by atomic mass is 9.96. The number of nitrogens with zero attached hydrogens (tertiary/aromatic N) is 1. The highest BCUT2D eigenvalue weighted by Gasteiger charge is 2.27. The highest BCUT2D eigenvalue weighted by Crippen LogP contribution is 2.18. The zero-order valence-electron chi connectivity index (χ0n) is 12.6. The summed E-state index contributed by atoms with van der Waals surface area (Å²) in [7, 11) is 1.38. The van der Waals surface area contributed by atoms with E-state index in [1.54, 1.807) is 4.90 Å². The van der Waals surface area contributed by atoms with Crippen LogP contribution < -0.4 is 5.32 Å². The van der Waals surface area contributed by atoms with Crippen LogP contribution in [0.4, 0.5) is 4.79 Å². The molecule has 114 valence electrons. The molecule has 2 amide bonds. The molecular formula is C16H22N2O3. The summed E-state index contributed by atoms with van der Waals surface area (Å²) in [5, 5.41) is 2.97. The van der Waals surface area contributed by atoms with Crippen LogP contribution in [0.15, 0.2) is 24.3 Å². The van der Waals surface area contributed by atoms with Gasteiger partial charge in [0.05, 0.1) is 7.11 Å². The summed E-state index contributed by atoms with van der Waals surface area (Å²) in [5.74, 6) is 0.0523. The monoisotopic (exact) mass is 290 g/mol. The lowest BCUT2D eigenvalue weighted by Crippen LogP contribution is -2.42. The molecule has 0 bridgehead atoms. The molecule has 0 saturated carbocycles. The first-order valence-electron chi connectivity index (χ1n) is 7.26. The van der Waals surface area contributed by atoms with Gasteiger partial charge in [0, 0.05) is 25.6 Å². The van der Waals surface area contributed by atoms with Crippen LogP contribution in [0.1, 0.15) is 24.0 Å². The van der Waals surface area contributed by atoms with E-state index in [0.29, 0.717) is 32.5 Å². The number of benzene rings is 1. The number of carbonyl (C=O) groups is 2. The van der Waals surface area contributed by atoms with Gasteiger partial charge in [-0.1, -0.05) is 29.8 Å². The number of methoxy groups -OCH3 is 1. The molecule has 1 aliphatic heterocycles. The van der Waals surface area contributed by atoms with Crippen LogP contribution in [0.2, 0.25) is 0 Å². The highest BCUT2D eigenvalue weighted by atomic mass is 16.5. The van der Waals surface area contributed by atoms with Gasteiger partial charge in [-0.05, 0) is 25.3 Å². The van der Waals surface area contributed by atoms with Gasteiger partial charge in [-0.25, -0.2) is 4.79 Å². The normalized spacial score (nSPS) is 15.6. The Bertz CT molecular complexity index is 491. The maximum absolute atomic E-state index is 12.1. The van der Waals surface area contributed by atoms with Crippen molar-refractivity contribution in [2.24, 2.45) is 5.92 Å². The van der Waals surface area contributed by atoms with Gasteiger partial charge >= 0.3 is 6.09 Å². The maximum atomic E-state index is 12.1. The molecule has 0 unspecified atom stereocenters. The minimum Gasteiger partial charge on any atom is -0.453 e. The molecule has 0 radical (unpaired) electrons. The van der Waals surface area contributed by atoms with Crippen molar-refractivity contribution in [3.63, 3.8) is 0 Å². The van der Waals surface area contributed by atoms with Gasteiger partial charge in [0.2, 0.25) is 5.91 Å². The fourth-order valence-corrected chi connectivity index (χ4v) is 2.49. The Morgan fingerprint density at radius 2 is 1.86 bits per heavy atom. The number of carbonyl (C=O) groups excluding carboxylic acids is 2. The van der Waals surface area contributed by atoms with Gasteiger partial charge in [-0.3, -0.25) is 4.79 Å². The summed E-state index contributed by atoms with van der Waals surface area (Å²) in [6.07, 6.45) is 1.07. The van der Waals surface area contributed by atoms with Gasteiger partial charge in [-0.15, -0.1) is 0 Å². The number of hydrogen-bond donors (Lipinski definition) is 1. The fourth-order valence-electron chi connectivity index (χ4n) is 2.49. The lowest BCUT2D eigenvalue weighted by Gasteiger charge is -2.30. The SMILES string of the molecule is COC(=O)N1CCC(C(=O)NCc2ccc(C)cc2)CC1. The molecule has 0 spiro atoms. The molecule has 5 nitrogen and oxygen atoms in total. The van der Waals surface area contributed by atoms with E-state index in [1.807, 2.05) is 31.2 Å². The predicted molar refractivity (Wildman–Crippen MR) is 79.7 cm³/mol. The van der Waals surface area contributed by atoms with Gasteiger partial charge < -0.3 is 15.0 Å². The molecule has 21 heavy (non-hydrogen) atoms. The second kappa shape index (κ2) is 7.11. The Kier molecular flexibility index (Phi) is 5.20. The van der Waals surface area contributed by atoms with Crippen molar-refractivity contribution < 1.29 is 14.3 Å². The van der Waals surface area contributed by atoms with Crippen molar-refractivity contribution in [3.8, 4) is 0 Å². The summed E-state index contributed by atoms with van der Waals surface area (Å²) >= 11 is 0. The summed E-state index contributed by atoms with van der Waals surface area (Å²) in [5.41, 5.74) is 2.31. The van der Waals surface area contributed by atoms with E-state index >= 15 is 0 Å². The number of nitrogens with one attached hydrogen (secondary N) is 1. The average molecular weight is 290 g/mol. The maximum Gasteiger partial charge on any atom is 0.409 e. The zero-order valence-corrected chi connectivity index (χ0v) is 12.6. The Morgan fingerprint density at radius 1 is 1.24 bits per heavy atom. The zero-order chi connectivity index (χ0) is 15.2. The largest absolute Gasteiger partial charge is 0.453 e. The average Bonchev–Trinajstić information content (AvgIpc) is 2.53. The molecule has 2 rings (SSSR count). The Hall–Kier alpha value is -2.04. The third-order valence-electron chi connectivity index (χ3n) is 3.89. The van der Waals surface area contributed by atoms with E-state index in [4.69, 9.17) is 0 Å². The highest BCUT2D eigenvalue weighted by molar-refractivity contribution is 5.79. The van der Waals surface area contributed by atoms with Crippen LogP contribution in [0.3, 0.4) is 0 Å². The summed E-state index contributed by atoms with van der Waals surface area (Å²) < 4.78 is 4.69. The molecule has 0 aromatic heterocycles. The Morgan fingerprint density at radius 3 is 2.43 bits per heavy atom. The topological polar surface area (TPSA) is 58.6 Å². The van der Waals surface area contributed by atoms with Crippen molar-refractivity contribution >= 4 is 12.0 Å². The second-order valence-corrected chi connectivity index (χ2v) is 5.43. The molecule has 0 atom stereocenters. The van der Waals surface area contributed by atoms with Crippen molar-refractivity contribution in [1.82, 2.24) is 10.2 Å². The molecule has 1 aromatic carbocycles. The van der Waals surface area contributed by atoms with E-state index in [9.17, 15) is 9.59 Å². The van der Waals surface area contributed by atoms with Gasteiger partial charge in [-0.2, -0.15) is 0 Å². The van der Waals surface area contributed by atoms with Crippen LogP contribution in [0.5, 0.6) is 0 Å². The van der Waals surface area contributed by atoms with Crippen LogP contribution in [0.25, 0.3) is 0 Å². The van der Waals surface area contributed by atoms with Gasteiger partial charge in [0.15, 0.2) is 0 Å². The molecule has 1 fully saturated rings. The number of ether oxygens (including phenoxy) is 1. The number of hydrogen-bond acceptors (Lipinski definition) is 3. The molecule has 1 N–H and O–H groups in total. The summed E-state index contributed by atoms with van der Waals surface area (Å²) in [6, 6.07) is 8.12. The minimum atomic E-state index is -0.312. The van der Waals surface area contributed by atoms with Crippen molar-refractivity contribution in [3.05, 3.63) is 35.4 Å². The van der Waals surface area contributed by atoms with Crippen LogP contribution in [-0.2, 0) is 16.1 Å². The van der Waals surface area contributed by atoms with Crippen LogP contribution >= 0.6 is 0 Å². The molecule has 0 aliphatic carbocycles. The van der Waals surface area contributed by atoms with E-state index in [2.05, 4.69) is 10.1 Å². The molecule has 5 heteroatoms. The smallest absolute Gasteiger partial charge is 0.409 e. The third-order valence-corrected chi connectivity index (χ3v) is 3.89. The quantitative estimate of drug-likeness (QED) is 0.927. The summed E-state index contributed by atoms with van der Waals surface area (Å²) in [6.45, 7) is 3.75. The van der Waals surface area contributed by atoms with Crippen LogP contribution in [0, 0.1) is 12.8 Å². The third kappa shape index (κ3) is 4.21. The molecule has 1 heterocycles. The number of rotatable bonds is 3. The van der Waals surface area contributed by atoms with Crippen molar-refractivity contribution in [2.75, 3.05) is 20.2 Å². The number of likely N-dealkylation sites (tertiary alicyclic amines) is 1.